The number of aryl methyl sites for hydroxylation is 1. The molecule has 0 spiro atoms. The van der Waals surface area contributed by atoms with Gasteiger partial charge < -0.3 is 5.73 Å². The van der Waals surface area contributed by atoms with Gasteiger partial charge in [0, 0.05) is 30.9 Å². The lowest BCUT2D eigenvalue weighted by atomic mass is 9.95. The molecular formula is C14H25N3O2S. The minimum absolute atomic E-state index is 0.0413. The molecule has 1 heterocycles. The highest BCUT2D eigenvalue weighted by atomic mass is 32.2. The molecule has 6 heteroatoms. The fourth-order valence-corrected chi connectivity index (χ4v) is 3.21. The van der Waals surface area contributed by atoms with E-state index in [0.717, 1.165) is 18.5 Å². The minimum Gasteiger partial charge on any atom is -0.326 e. The molecule has 3 N–H and O–H groups in total. The average Bonchev–Trinajstić information content (AvgIpc) is 2.46. The lowest BCUT2D eigenvalue weighted by molar-refractivity contribution is 0.392. The Morgan fingerprint density at radius 3 is 2.55 bits per heavy atom. The van der Waals surface area contributed by atoms with Gasteiger partial charge in [-0.2, -0.15) is 0 Å². The molecule has 0 aliphatic heterocycles. The number of hydrogen-bond acceptors (Lipinski definition) is 4. The van der Waals surface area contributed by atoms with Gasteiger partial charge >= 0.3 is 0 Å². The van der Waals surface area contributed by atoms with Gasteiger partial charge in [-0.05, 0) is 18.1 Å². The van der Waals surface area contributed by atoms with Crippen LogP contribution in [0, 0.1) is 5.92 Å². The molecular weight excluding hydrogens is 274 g/mol. The minimum atomic E-state index is -3.29. The van der Waals surface area contributed by atoms with Crippen molar-refractivity contribution in [3.63, 3.8) is 0 Å². The molecule has 20 heavy (non-hydrogen) atoms. The van der Waals surface area contributed by atoms with Gasteiger partial charge in [0.15, 0.2) is 0 Å². The summed E-state index contributed by atoms with van der Waals surface area (Å²) < 4.78 is 26.4. The third-order valence-corrected chi connectivity index (χ3v) is 4.89. The van der Waals surface area contributed by atoms with Crippen molar-refractivity contribution in [1.82, 2.24) is 9.71 Å². The molecule has 0 aromatic carbocycles. The lowest BCUT2D eigenvalue weighted by Crippen LogP contribution is -2.42. The first-order valence-electron chi connectivity index (χ1n) is 7.11. The van der Waals surface area contributed by atoms with Crippen LogP contribution in [0.4, 0.5) is 0 Å². The number of aromatic nitrogens is 1. The zero-order valence-corrected chi connectivity index (χ0v) is 13.1. The second-order valence-corrected chi connectivity index (χ2v) is 6.91. The maximum absolute atomic E-state index is 11.9. The highest BCUT2D eigenvalue weighted by molar-refractivity contribution is 7.89. The second-order valence-electron chi connectivity index (χ2n) is 4.98. The normalized spacial score (nSPS) is 13.6. The van der Waals surface area contributed by atoms with E-state index in [4.69, 9.17) is 5.73 Å². The molecule has 0 saturated heterocycles. The van der Waals surface area contributed by atoms with Crippen LogP contribution >= 0.6 is 0 Å². The largest absolute Gasteiger partial charge is 0.326 e. The number of nitrogens with one attached hydrogen (secondary N) is 1. The summed E-state index contributed by atoms with van der Waals surface area (Å²) in [6, 6.07) is 5.36. The van der Waals surface area contributed by atoms with Gasteiger partial charge in [0.2, 0.25) is 10.0 Å². The molecule has 1 atom stereocenters. The lowest BCUT2D eigenvalue weighted by Gasteiger charge is -2.21. The first-order chi connectivity index (χ1) is 9.48. The fourth-order valence-electron chi connectivity index (χ4n) is 2.14. The van der Waals surface area contributed by atoms with Crippen LogP contribution < -0.4 is 10.5 Å². The van der Waals surface area contributed by atoms with Crippen LogP contribution in [0.2, 0.25) is 0 Å². The third-order valence-electron chi connectivity index (χ3n) is 3.55. The van der Waals surface area contributed by atoms with E-state index < -0.39 is 10.0 Å². The van der Waals surface area contributed by atoms with E-state index in [2.05, 4.69) is 23.6 Å². The Bertz CT molecular complexity index is 472. The van der Waals surface area contributed by atoms with E-state index >= 15 is 0 Å². The quantitative estimate of drug-likeness (QED) is 0.720. The van der Waals surface area contributed by atoms with E-state index in [1.165, 1.54) is 0 Å². The van der Waals surface area contributed by atoms with Crippen molar-refractivity contribution >= 4 is 10.0 Å². The van der Waals surface area contributed by atoms with Gasteiger partial charge in [-0.1, -0.05) is 32.8 Å². The average molecular weight is 299 g/mol. The van der Waals surface area contributed by atoms with E-state index in [1.807, 2.05) is 18.2 Å². The summed E-state index contributed by atoms with van der Waals surface area (Å²) in [6.45, 7) is 4.45. The first kappa shape index (κ1) is 17.1. The Labute approximate surface area is 122 Å². The van der Waals surface area contributed by atoms with Gasteiger partial charge in [-0.25, -0.2) is 13.1 Å². The van der Waals surface area contributed by atoms with Crippen molar-refractivity contribution in [3.8, 4) is 0 Å². The number of sulfonamides is 1. The van der Waals surface area contributed by atoms with Gasteiger partial charge in [0.05, 0.1) is 5.75 Å². The van der Waals surface area contributed by atoms with Crippen molar-refractivity contribution < 1.29 is 8.42 Å². The third kappa shape index (κ3) is 5.98. The summed E-state index contributed by atoms with van der Waals surface area (Å²) >= 11 is 0. The van der Waals surface area contributed by atoms with Crippen LogP contribution in [-0.4, -0.2) is 31.7 Å². The number of hydrogen-bond donors (Lipinski definition) is 2. The second kappa shape index (κ2) is 8.34. The van der Waals surface area contributed by atoms with Crippen LogP contribution in [0.1, 0.15) is 32.4 Å². The van der Waals surface area contributed by atoms with Gasteiger partial charge in [0.25, 0.3) is 0 Å². The maximum atomic E-state index is 11.9. The number of pyridine rings is 1. The molecule has 1 unspecified atom stereocenters. The first-order valence-corrected chi connectivity index (χ1v) is 8.76. The monoisotopic (exact) mass is 299 g/mol. The molecule has 1 aromatic heterocycles. The van der Waals surface area contributed by atoms with E-state index in [-0.39, 0.29) is 11.8 Å². The Morgan fingerprint density at radius 2 is 2.00 bits per heavy atom. The predicted molar refractivity (Wildman–Crippen MR) is 81.8 cm³/mol. The Hall–Kier alpha value is -0.980. The van der Waals surface area contributed by atoms with Gasteiger partial charge in [-0.15, -0.1) is 0 Å². The molecule has 0 amide bonds. The van der Waals surface area contributed by atoms with E-state index in [9.17, 15) is 8.42 Å². The Kier molecular flexibility index (Phi) is 7.12. The molecule has 0 radical (unpaired) electrons. The smallest absolute Gasteiger partial charge is 0.212 e. The zero-order chi connectivity index (χ0) is 15.0. The van der Waals surface area contributed by atoms with Crippen LogP contribution in [0.25, 0.3) is 0 Å². The predicted octanol–water partition coefficient (Wildman–Crippen LogP) is 1.31. The van der Waals surface area contributed by atoms with E-state index in [0.29, 0.717) is 18.9 Å². The van der Waals surface area contributed by atoms with Gasteiger partial charge in [-0.3, -0.25) is 4.98 Å². The molecule has 0 bridgehead atoms. The molecule has 0 fully saturated rings. The fraction of sp³-hybridized carbons (Fsp3) is 0.643. The highest BCUT2D eigenvalue weighted by Crippen LogP contribution is 2.10. The summed E-state index contributed by atoms with van der Waals surface area (Å²) in [6.07, 6.45) is 4.01. The molecule has 0 aliphatic carbocycles. The Morgan fingerprint density at radius 1 is 1.30 bits per heavy atom. The van der Waals surface area contributed by atoms with Crippen molar-refractivity contribution in [3.05, 3.63) is 30.1 Å². The summed E-state index contributed by atoms with van der Waals surface area (Å²) in [5.41, 5.74) is 6.79. The molecule has 1 rings (SSSR count). The molecule has 114 valence electrons. The number of nitrogens with zero attached hydrogens (tertiary/aromatic N) is 1. The van der Waals surface area contributed by atoms with Crippen molar-refractivity contribution in [2.75, 3.05) is 12.3 Å². The molecule has 5 nitrogen and oxygen atoms in total. The van der Waals surface area contributed by atoms with Crippen molar-refractivity contribution in [2.45, 2.75) is 39.2 Å². The van der Waals surface area contributed by atoms with Crippen LogP contribution in [0.5, 0.6) is 0 Å². The summed E-state index contributed by atoms with van der Waals surface area (Å²) in [5.74, 6) is 0.396. The van der Waals surface area contributed by atoms with Crippen LogP contribution in [0.15, 0.2) is 24.4 Å². The van der Waals surface area contributed by atoms with Crippen molar-refractivity contribution in [2.24, 2.45) is 11.7 Å². The summed E-state index contributed by atoms with van der Waals surface area (Å²) in [4.78, 5) is 4.11. The zero-order valence-electron chi connectivity index (χ0n) is 12.2. The maximum Gasteiger partial charge on any atom is 0.212 e. The van der Waals surface area contributed by atoms with Crippen LogP contribution in [-0.2, 0) is 16.4 Å². The Balaban J connectivity index is 2.42. The molecule has 0 saturated carbocycles. The molecule has 1 aromatic rings. The number of rotatable bonds is 9. The summed E-state index contributed by atoms with van der Waals surface area (Å²) in [5, 5.41) is 0. The van der Waals surface area contributed by atoms with Crippen LogP contribution in [0.3, 0.4) is 0 Å². The highest BCUT2D eigenvalue weighted by Gasteiger charge is 2.17. The SMILES string of the molecule is CCC(CC)C(N)CNS(=O)(=O)CCc1ccccn1. The van der Waals surface area contributed by atoms with Gasteiger partial charge in [0.1, 0.15) is 0 Å². The summed E-state index contributed by atoms with van der Waals surface area (Å²) in [7, 11) is -3.29. The standard InChI is InChI=1S/C14H25N3O2S/c1-3-12(4-2)14(15)11-17-20(18,19)10-8-13-7-5-6-9-16-13/h5-7,9,12,14,17H,3-4,8,10-11,15H2,1-2H3. The molecule has 0 aliphatic rings. The number of nitrogens with two attached hydrogens (primary N) is 1. The topological polar surface area (TPSA) is 85.1 Å². The van der Waals surface area contributed by atoms with E-state index in [1.54, 1.807) is 6.20 Å². The van der Waals surface area contributed by atoms with Crippen molar-refractivity contribution in [1.29, 1.82) is 0 Å².